The molecule has 38 heavy (non-hydrogen) atoms. The van der Waals surface area contributed by atoms with Gasteiger partial charge in [0.2, 0.25) is 0 Å². The molecule has 2 N–H and O–H groups in total. The normalized spacial score (nSPS) is 16.9. The van der Waals surface area contributed by atoms with Crippen LogP contribution >= 0.6 is 23.2 Å². The molecule has 1 aliphatic heterocycles. The van der Waals surface area contributed by atoms with Crippen LogP contribution in [-0.2, 0) is 11.0 Å². The lowest BCUT2D eigenvalue weighted by Crippen LogP contribution is -2.37. The maximum Gasteiger partial charge on any atom is 0.416 e. The molecule has 0 spiro atoms. The number of amidine groups is 1. The zero-order valence-corrected chi connectivity index (χ0v) is 21.7. The van der Waals surface area contributed by atoms with Gasteiger partial charge in [0.15, 0.2) is 0 Å². The van der Waals surface area contributed by atoms with Crippen molar-refractivity contribution in [3.63, 3.8) is 0 Å². The molecule has 0 aromatic heterocycles. The Bertz CT molecular complexity index is 1290. The molecule has 12 heteroatoms. The van der Waals surface area contributed by atoms with Gasteiger partial charge in [0.25, 0.3) is 0 Å². The van der Waals surface area contributed by atoms with Crippen molar-refractivity contribution >= 4 is 35.1 Å². The van der Waals surface area contributed by atoms with Crippen molar-refractivity contribution in [2.75, 3.05) is 13.7 Å². The number of alkyl halides is 3. The number of hydrogen-bond acceptors (Lipinski definition) is 4. The van der Waals surface area contributed by atoms with Crippen LogP contribution in [0.15, 0.2) is 71.7 Å². The summed E-state index contributed by atoms with van der Waals surface area (Å²) in [5.41, 5.74) is 0.521. The standard InChI is InChI=1S/C25H19Cl2F3N2O3.CH4NO/c1-2-35-20-13-16(25(28,29)30)7-12-19(20)23-31-21(14-3-8-17(26)9-4-14)22(32(23)24(33)34)15-5-10-18(27)11-6-15;1-3-2/h3-13,21-22H,2H2,1H3,(H,33,34);2H,1H3/q;-1. The van der Waals surface area contributed by atoms with E-state index in [0.717, 1.165) is 17.0 Å². The zero-order chi connectivity index (χ0) is 28.0. The van der Waals surface area contributed by atoms with E-state index in [4.69, 9.17) is 38.8 Å². The monoisotopic (exact) mass is 568 g/mol. The predicted octanol–water partition coefficient (Wildman–Crippen LogP) is 8.23. The summed E-state index contributed by atoms with van der Waals surface area (Å²) >= 11 is 12.1. The number of carboxylic acid groups (broad SMARTS) is 1. The minimum absolute atomic E-state index is 0.0189. The molecule has 2 unspecified atom stereocenters. The number of nitrogens with zero attached hydrogens (tertiary/aromatic N) is 2. The second-order valence-corrected chi connectivity index (χ2v) is 8.82. The van der Waals surface area contributed by atoms with Crippen LogP contribution in [0.3, 0.4) is 0 Å². The average molecular weight is 569 g/mol. The lowest BCUT2D eigenvalue weighted by molar-refractivity contribution is -0.137. The van der Waals surface area contributed by atoms with Gasteiger partial charge in [-0.05, 0) is 60.5 Å². The average Bonchev–Trinajstić information content (AvgIpc) is 3.26. The molecule has 2 atom stereocenters. The van der Waals surface area contributed by atoms with Gasteiger partial charge >= 0.3 is 12.3 Å². The van der Waals surface area contributed by atoms with Gasteiger partial charge in [-0.1, -0.05) is 47.5 Å². The van der Waals surface area contributed by atoms with Crippen molar-refractivity contribution in [3.8, 4) is 5.75 Å². The van der Waals surface area contributed by atoms with E-state index < -0.39 is 29.9 Å². The Kier molecular flexibility index (Phi) is 9.61. The summed E-state index contributed by atoms with van der Waals surface area (Å²) in [4.78, 5) is 21.8. The quantitative estimate of drug-likeness (QED) is 0.313. The molecule has 3 aromatic carbocycles. The number of hydrogen-bond donors (Lipinski definition) is 1. The lowest BCUT2D eigenvalue weighted by atomic mass is 9.94. The van der Waals surface area contributed by atoms with E-state index in [9.17, 15) is 23.1 Å². The van der Waals surface area contributed by atoms with Gasteiger partial charge in [0.1, 0.15) is 17.6 Å². The van der Waals surface area contributed by atoms with Crippen molar-refractivity contribution in [3.05, 3.63) is 105 Å². The van der Waals surface area contributed by atoms with Crippen LogP contribution in [0, 0.1) is 0 Å². The maximum absolute atomic E-state index is 13.3. The Balaban J connectivity index is 0.00000127. The van der Waals surface area contributed by atoms with E-state index >= 15 is 0 Å². The number of carbonyl (C=O) groups is 1. The van der Waals surface area contributed by atoms with E-state index in [1.165, 1.54) is 13.2 Å². The van der Waals surface area contributed by atoms with Gasteiger partial charge in [0.05, 0.1) is 23.8 Å². The zero-order valence-electron chi connectivity index (χ0n) is 20.2. The van der Waals surface area contributed by atoms with Crippen molar-refractivity contribution < 1.29 is 32.6 Å². The SMILES string of the molecule is CCOc1cc(C(F)(F)F)ccc1C1=NC(c2ccc(Cl)cc2)C(c2ccc(Cl)cc2)N1C(=O)O.CO[NH-]. The number of ether oxygens (including phenoxy) is 1. The molecule has 3 aromatic rings. The van der Waals surface area contributed by atoms with Crippen LogP contribution in [0.25, 0.3) is 5.90 Å². The molecular weight excluding hydrogens is 546 g/mol. The third-order valence-corrected chi connectivity index (χ3v) is 6.05. The van der Waals surface area contributed by atoms with E-state index in [1.807, 2.05) is 0 Å². The van der Waals surface area contributed by atoms with Gasteiger partial charge in [-0.25, -0.2) is 4.79 Å². The fraction of sp³-hybridized carbons (Fsp3) is 0.231. The van der Waals surface area contributed by atoms with E-state index in [-0.39, 0.29) is 23.8 Å². The van der Waals surface area contributed by atoms with Gasteiger partial charge < -0.3 is 20.6 Å². The maximum atomic E-state index is 13.3. The Morgan fingerprint density at radius 3 is 2.03 bits per heavy atom. The summed E-state index contributed by atoms with van der Waals surface area (Å²) in [7, 11) is 1.29. The van der Waals surface area contributed by atoms with E-state index in [1.54, 1.807) is 55.5 Å². The minimum Gasteiger partial charge on any atom is -0.550 e. The Morgan fingerprint density at radius 1 is 1.03 bits per heavy atom. The fourth-order valence-corrected chi connectivity index (χ4v) is 4.26. The number of rotatable bonds is 5. The Morgan fingerprint density at radius 2 is 1.55 bits per heavy atom. The van der Waals surface area contributed by atoms with Crippen molar-refractivity contribution in [1.82, 2.24) is 4.90 Å². The third kappa shape index (κ3) is 6.57. The first-order chi connectivity index (χ1) is 18.0. The molecule has 7 nitrogen and oxygen atoms in total. The van der Waals surface area contributed by atoms with Crippen molar-refractivity contribution in [1.29, 1.82) is 0 Å². The van der Waals surface area contributed by atoms with Crippen molar-refractivity contribution in [2.24, 2.45) is 4.99 Å². The fourth-order valence-electron chi connectivity index (χ4n) is 4.01. The molecule has 0 bridgehead atoms. The van der Waals surface area contributed by atoms with Crippen LogP contribution in [-0.4, -0.2) is 35.7 Å². The third-order valence-electron chi connectivity index (χ3n) is 5.55. The van der Waals surface area contributed by atoms with Crippen LogP contribution in [0.5, 0.6) is 5.75 Å². The van der Waals surface area contributed by atoms with Gasteiger partial charge in [-0.3, -0.25) is 9.89 Å². The summed E-state index contributed by atoms with van der Waals surface area (Å²) in [6, 6.07) is 14.9. The van der Waals surface area contributed by atoms with Gasteiger partial charge in [0, 0.05) is 17.2 Å². The molecule has 1 aliphatic rings. The summed E-state index contributed by atoms with van der Waals surface area (Å²) in [6.45, 7) is 1.71. The second-order valence-electron chi connectivity index (χ2n) is 7.94. The summed E-state index contributed by atoms with van der Waals surface area (Å²) in [6.07, 6.45) is -5.91. The highest BCUT2D eigenvalue weighted by atomic mass is 35.5. The largest absolute Gasteiger partial charge is 0.550 e. The first-order valence-electron chi connectivity index (χ1n) is 11.2. The minimum atomic E-state index is -4.59. The molecule has 0 fully saturated rings. The Hall–Kier alpha value is -3.31. The first kappa shape index (κ1) is 29.2. The van der Waals surface area contributed by atoms with Crippen molar-refractivity contribution in [2.45, 2.75) is 25.2 Å². The smallest absolute Gasteiger partial charge is 0.416 e. The molecule has 0 saturated carbocycles. The van der Waals surface area contributed by atoms with E-state index in [2.05, 4.69) is 4.84 Å². The molecule has 0 saturated heterocycles. The number of aliphatic imine (C=N–C) groups is 1. The van der Waals surface area contributed by atoms with Crippen LogP contribution < -0.4 is 4.74 Å². The predicted molar refractivity (Wildman–Crippen MR) is 139 cm³/mol. The molecule has 202 valence electrons. The molecule has 1 heterocycles. The number of amides is 1. The summed E-state index contributed by atoms with van der Waals surface area (Å²) in [5, 5.41) is 11.2. The molecule has 4 rings (SSSR count). The highest BCUT2D eigenvalue weighted by Crippen LogP contribution is 2.45. The topological polar surface area (TPSA) is 95.2 Å². The number of benzene rings is 3. The second kappa shape index (κ2) is 12.5. The van der Waals surface area contributed by atoms with Gasteiger partial charge in [-0.15, -0.1) is 0 Å². The van der Waals surface area contributed by atoms with Crippen LogP contribution in [0.1, 0.15) is 41.3 Å². The number of halogens is 5. The number of nitrogens with one attached hydrogen (secondary N) is 1. The molecule has 1 amide bonds. The first-order valence-corrected chi connectivity index (χ1v) is 11.9. The summed E-state index contributed by atoms with van der Waals surface area (Å²) in [5.74, 6) is 5.58. The highest BCUT2D eigenvalue weighted by molar-refractivity contribution is 6.30. The highest BCUT2D eigenvalue weighted by Gasteiger charge is 2.43. The Labute approximate surface area is 227 Å². The molecular formula is C26H23Cl2F3N3O4-. The molecule has 0 radical (unpaired) electrons. The van der Waals surface area contributed by atoms with Crippen LogP contribution in [0.4, 0.5) is 18.0 Å². The van der Waals surface area contributed by atoms with E-state index in [0.29, 0.717) is 21.2 Å². The molecule has 0 aliphatic carbocycles. The van der Waals surface area contributed by atoms with Crippen LogP contribution in [0.2, 0.25) is 10.0 Å². The van der Waals surface area contributed by atoms with Gasteiger partial charge in [-0.2, -0.15) is 13.2 Å². The summed E-state index contributed by atoms with van der Waals surface area (Å²) < 4.78 is 45.5. The lowest BCUT2D eigenvalue weighted by Gasteiger charge is -2.27.